The first-order valence-corrected chi connectivity index (χ1v) is 12.5. The topological polar surface area (TPSA) is 78.3 Å². The van der Waals surface area contributed by atoms with Crippen molar-refractivity contribution in [2.24, 2.45) is 5.92 Å². The lowest BCUT2D eigenvalue weighted by Gasteiger charge is -2.18. The number of rotatable bonds is 10. The summed E-state index contributed by atoms with van der Waals surface area (Å²) in [5.41, 5.74) is 1.80. The highest BCUT2D eigenvalue weighted by atomic mass is 79.9. The maximum atomic E-state index is 12.6. The SMILES string of the molecule is COc1ccc(OC(C)c2nnc(SCC(=O)Nc3ccc(Br)cc3C)n2CC(C)C)cc1. The van der Waals surface area contributed by atoms with Crippen molar-refractivity contribution in [1.82, 2.24) is 14.8 Å². The molecular formula is C24H29BrN4O3S. The molecule has 176 valence electrons. The number of aryl methyl sites for hydroxylation is 1. The lowest BCUT2D eigenvalue weighted by Crippen LogP contribution is -2.17. The average Bonchev–Trinajstić information content (AvgIpc) is 3.16. The first-order chi connectivity index (χ1) is 15.8. The highest BCUT2D eigenvalue weighted by Gasteiger charge is 2.21. The molecule has 1 unspecified atom stereocenters. The predicted molar refractivity (Wildman–Crippen MR) is 135 cm³/mol. The second-order valence-electron chi connectivity index (χ2n) is 8.08. The maximum absolute atomic E-state index is 12.6. The van der Waals surface area contributed by atoms with Gasteiger partial charge in [0, 0.05) is 16.7 Å². The monoisotopic (exact) mass is 532 g/mol. The molecule has 0 spiro atoms. The van der Waals surface area contributed by atoms with E-state index in [4.69, 9.17) is 9.47 Å². The Balaban J connectivity index is 1.69. The van der Waals surface area contributed by atoms with E-state index in [1.807, 2.05) is 60.9 Å². The van der Waals surface area contributed by atoms with E-state index in [0.29, 0.717) is 11.1 Å². The van der Waals surface area contributed by atoms with Crippen molar-refractivity contribution in [2.45, 2.75) is 45.5 Å². The number of amides is 1. The number of carbonyl (C=O) groups is 1. The van der Waals surface area contributed by atoms with Gasteiger partial charge >= 0.3 is 0 Å². The quantitative estimate of drug-likeness (QED) is 0.328. The van der Waals surface area contributed by atoms with Crippen molar-refractivity contribution < 1.29 is 14.3 Å². The number of methoxy groups -OCH3 is 1. The Morgan fingerprint density at radius 1 is 1.12 bits per heavy atom. The number of ether oxygens (including phenoxy) is 2. The summed E-state index contributed by atoms with van der Waals surface area (Å²) < 4.78 is 14.3. The third-order valence-corrected chi connectivity index (χ3v) is 6.28. The Morgan fingerprint density at radius 2 is 1.82 bits per heavy atom. The standard InChI is InChI=1S/C24H29BrN4O3S/c1-15(2)13-29-23(17(4)32-20-9-7-19(31-5)8-10-20)27-28-24(29)33-14-22(30)26-21-11-6-18(25)12-16(21)3/h6-12,15,17H,13-14H2,1-5H3,(H,26,30). The molecule has 0 saturated carbocycles. The van der Waals surface area contributed by atoms with Gasteiger partial charge in [0.1, 0.15) is 11.5 Å². The van der Waals surface area contributed by atoms with Crippen LogP contribution >= 0.6 is 27.7 Å². The maximum Gasteiger partial charge on any atom is 0.234 e. The number of benzene rings is 2. The van der Waals surface area contributed by atoms with Crippen LogP contribution in [0.1, 0.15) is 38.3 Å². The van der Waals surface area contributed by atoms with Crippen LogP contribution in [0.2, 0.25) is 0 Å². The van der Waals surface area contributed by atoms with Crippen molar-refractivity contribution >= 4 is 39.3 Å². The van der Waals surface area contributed by atoms with Crippen LogP contribution in [0.5, 0.6) is 11.5 Å². The average molecular weight is 533 g/mol. The highest BCUT2D eigenvalue weighted by Crippen LogP contribution is 2.27. The lowest BCUT2D eigenvalue weighted by molar-refractivity contribution is -0.113. The molecule has 2 aromatic carbocycles. The molecule has 33 heavy (non-hydrogen) atoms. The number of anilines is 1. The first kappa shape index (κ1) is 25.1. The van der Waals surface area contributed by atoms with Crippen molar-refractivity contribution in [2.75, 3.05) is 18.2 Å². The van der Waals surface area contributed by atoms with Gasteiger partial charge in [-0.15, -0.1) is 10.2 Å². The number of aromatic nitrogens is 3. The molecule has 1 heterocycles. The van der Waals surface area contributed by atoms with E-state index >= 15 is 0 Å². The fourth-order valence-corrected chi connectivity index (χ4v) is 4.47. The molecule has 0 aliphatic carbocycles. The summed E-state index contributed by atoms with van der Waals surface area (Å²) in [7, 11) is 1.63. The number of nitrogens with zero attached hydrogens (tertiary/aromatic N) is 3. The second-order valence-corrected chi connectivity index (χ2v) is 9.94. The van der Waals surface area contributed by atoms with Crippen LogP contribution in [0.3, 0.4) is 0 Å². The minimum absolute atomic E-state index is 0.0893. The third-order valence-electron chi connectivity index (χ3n) is 4.82. The Labute approximate surface area is 207 Å². The molecule has 1 atom stereocenters. The van der Waals surface area contributed by atoms with Gasteiger partial charge in [-0.05, 0) is 67.8 Å². The molecule has 0 bridgehead atoms. The zero-order chi connectivity index (χ0) is 24.0. The molecule has 0 aliphatic rings. The minimum atomic E-state index is -0.307. The minimum Gasteiger partial charge on any atom is -0.497 e. The summed E-state index contributed by atoms with van der Waals surface area (Å²) in [6, 6.07) is 13.2. The fourth-order valence-electron chi connectivity index (χ4n) is 3.24. The second kappa shape index (κ2) is 11.6. The van der Waals surface area contributed by atoms with Gasteiger partial charge in [0.15, 0.2) is 17.1 Å². The third kappa shape index (κ3) is 6.98. The molecular weight excluding hydrogens is 504 g/mol. The number of thioether (sulfide) groups is 1. The summed E-state index contributed by atoms with van der Waals surface area (Å²) in [6.07, 6.45) is -0.307. The van der Waals surface area contributed by atoms with E-state index < -0.39 is 0 Å². The van der Waals surface area contributed by atoms with Gasteiger partial charge in [0.05, 0.1) is 12.9 Å². The van der Waals surface area contributed by atoms with Crippen molar-refractivity contribution in [3.63, 3.8) is 0 Å². The van der Waals surface area contributed by atoms with E-state index in [0.717, 1.165) is 39.6 Å². The van der Waals surface area contributed by atoms with Crippen LogP contribution in [0, 0.1) is 12.8 Å². The molecule has 1 N–H and O–H groups in total. The smallest absolute Gasteiger partial charge is 0.234 e. The molecule has 7 nitrogen and oxygen atoms in total. The Hall–Kier alpha value is -2.52. The molecule has 1 amide bonds. The van der Waals surface area contributed by atoms with Crippen LogP contribution in [-0.4, -0.2) is 33.5 Å². The van der Waals surface area contributed by atoms with Crippen LogP contribution in [0.15, 0.2) is 52.1 Å². The van der Waals surface area contributed by atoms with Gasteiger partial charge in [0.25, 0.3) is 0 Å². The lowest BCUT2D eigenvalue weighted by atomic mass is 10.2. The molecule has 3 rings (SSSR count). The molecule has 1 aromatic heterocycles. The summed E-state index contributed by atoms with van der Waals surface area (Å²) in [5, 5.41) is 12.4. The molecule has 0 aliphatic heterocycles. The van der Waals surface area contributed by atoms with Crippen LogP contribution < -0.4 is 14.8 Å². The van der Waals surface area contributed by atoms with E-state index in [1.165, 1.54) is 11.8 Å². The van der Waals surface area contributed by atoms with Gasteiger partial charge in [-0.1, -0.05) is 41.5 Å². The number of hydrogen-bond acceptors (Lipinski definition) is 6. The molecule has 3 aromatic rings. The zero-order valence-electron chi connectivity index (χ0n) is 19.5. The molecule has 0 saturated heterocycles. The van der Waals surface area contributed by atoms with Gasteiger partial charge in [0.2, 0.25) is 5.91 Å². The van der Waals surface area contributed by atoms with Crippen LogP contribution in [0.25, 0.3) is 0 Å². The Kier molecular flexibility index (Phi) is 8.80. The first-order valence-electron chi connectivity index (χ1n) is 10.7. The van der Waals surface area contributed by atoms with E-state index in [-0.39, 0.29) is 17.8 Å². The summed E-state index contributed by atoms with van der Waals surface area (Å²) >= 11 is 4.81. The number of hydrogen-bond donors (Lipinski definition) is 1. The van der Waals surface area contributed by atoms with Gasteiger partial charge in [-0.25, -0.2) is 0 Å². The number of halogens is 1. The number of nitrogens with one attached hydrogen (secondary N) is 1. The summed E-state index contributed by atoms with van der Waals surface area (Å²) in [5.74, 6) is 2.75. The Morgan fingerprint density at radius 3 is 2.45 bits per heavy atom. The molecule has 0 fully saturated rings. The van der Waals surface area contributed by atoms with Gasteiger partial charge in [-0.2, -0.15) is 0 Å². The number of carbonyl (C=O) groups excluding carboxylic acids is 1. The predicted octanol–water partition coefficient (Wildman–Crippen LogP) is 5.88. The van der Waals surface area contributed by atoms with E-state index in [1.54, 1.807) is 7.11 Å². The summed E-state index contributed by atoms with van der Waals surface area (Å²) in [6.45, 7) is 8.91. The van der Waals surface area contributed by atoms with Crippen LogP contribution in [-0.2, 0) is 11.3 Å². The van der Waals surface area contributed by atoms with Crippen molar-refractivity contribution in [3.8, 4) is 11.5 Å². The van der Waals surface area contributed by atoms with E-state index in [9.17, 15) is 4.79 Å². The van der Waals surface area contributed by atoms with Crippen LogP contribution in [0.4, 0.5) is 5.69 Å². The largest absolute Gasteiger partial charge is 0.497 e. The summed E-state index contributed by atoms with van der Waals surface area (Å²) in [4.78, 5) is 12.6. The normalized spacial score (nSPS) is 12.0. The van der Waals surface area contributed by atoms with Crippen molar-refractivity contribution in [3.05, 3.63) is 58.3 Å². The zero-order valence-corrected chi connectivity index (χ0v) is 21.9. The fraction of sp³-hybridized carbons (Fsp3) is 0.375. The van der Waals surface area contributed by atoms with Gasteiger partial charge < -0.3 is 19.4 Å². The molecule has 9 heteroatoms. The van der Waals surface area contributed by atoms with Crippen molar-refractivity contribution in [1.29, 1.82) is 0 Å². The highest BCUT2D eigenvalue weighted by molar-refractivity contribution is 9.10. The van der Waals surface area contributed by atoms with Gasteiger partial charge in [-0.3, -0.25) is 4.79 Å². The van der Waals surface area contributed by atoms with E-state index in [2.05, 4.69) is 45.3 Å². The molecule has 0 radical (unpaired) electrons. The Bertz CT molecular complexity index is 1090.